The molecule has 1 nitrogen and oxygen atoms in total. The zero-order valence-electron chi connectivity index (χ0n) is 6.11. The van der Waals surface area contributed by atoms with Crippen molar-refractivity contribution in [3.63, 3.8) is 0 Å². The standard InChI is InChI=1S/C7H13F2N/c1-5-2-3-6(4-10-5)7(8)9/h5-7,10H,2-4H2,1H3. The predicted molar refractivity (Wildman–Crippen MR) is 36.2 cm³/mol. The molecule has 0 amide bonds. The molecule has 0 aliphatic carbocycles. The molecule has 0 aromatic carbocycles. The predicted octanol–water partition coefficient (Wildman–Crippen LogP) is 1.64. The molecule has 0 aromatic heterocycles. The molecule has 2 unspecified atom stereocenters. The smallest absolute Gasteiger partial charge is 0.242 e. The highest BCUT2D eigenvalue weighted by atomic mass is 19.3. The maximum absolute atomic E-state index is 12.0. The number of alkyl halides is 2. The van der Waals surface area contributed by atoms with Gasteiger partial charge in [-0.1, -0.05) is 0 Å². The zero-order valence-corrected chi connectivity index (χ0v) is 6.11. The lowest BCUT2D eigenvalue weighted by Gasteiger charge is -2.26. The minimum absolute atomic E-state index is 0.406. The first-order chi connectivity index (χ1) is 4.70. The quantitative estimate of drug-likeness (QED) is 0.597. The van der Waals surface area contributed by atoms with Crippen molar-refractivity contribution in [3.05, 3.63) is 0 Å². The molecule has 10 heavy (non-hydrogen) atoms. The van der Waals surface area contributed by atoms with E-state index in [-0.39, 0.29) is 0 Å². The third kappa shape index (κ3) is 1.90. The molecule has 3 heteroatoms. The van der Waals surface area contributed by atoms with Gasteiger partial charge in [0.15, 0.2) is 0 Å². The maximum Gasteiger partial charge on any atom is 0.242 e. The fraction of sp³-hybridized carbons (Fsp3) is 1.00. The minimum atomic E-state index is -2.14. The molecule has 1 rings (SSSR count). The lowest BCUT2D eigenvalue weighted by molar-refractivity contribution is 0.0577. The number of rotatable bonds is 1. The summed E-state index contributed by atoms with van der Waals surface area (Å²) < 4.78 is 24.0. The van der Waals surface area contributed by atoms with Crippen molar-refractivity contribution >= 4 is 0 Å². The third-order valence-electron chi connectivity index (χ3n) is 2.06. The molecule has 0 aromatic rings. The molecule has 0 saturated carbocycles. The van der Waals surface area contributed by atoms with E-state index >= 15 is 0 Å². The van der Waals surface area contributed by atoms with Crippen LogP contribution in [-0.4, -0.2) is 19.0 Å². The van der Waals surface area contributed by atoms with Gasteiger partial charge in [-0.05, 0) is 19.8 Å². The Hall–Kier alpha value is -0.180. The largest absolute Gasteiger partial charge is 0.314 e. The first-order valence-electron chi connectivity index (χ1n) is 3.71. The molecule has 0 spiro atoms. The summed E-state index contributed by atoms with van der Waals surface area (Å²) in [5.41, 5.74) is 0. The summed E-state index contributed by atoms with van der Waals surface area (Å²) in [6.45, 7) is 2.51. The van der Waals surface area contributed by atoms with Crippen LogP contribution in [0.2, 0.25) is 0 Å². The van der Waals surface area contributed by atoms with Gasteiger partial charge in [0.2, 0.25) is 6.43 Å². The van der Waals surface area contributed by atoms with E-state index in [0.29, 0.717) is 19.0 Å². The molecule has 1 heterocycles. The number of hydrogen-bond acceptors (Lipinski definition) is 1. The summed E-state index contributed by atoms with van der Waals surface area (Å²) in [5, 5.41) is 3.03. The highest BCUT2D eigenvalue weighted by Gasteiger charge is 2.24. The Bertz CT molecular complexity index is 97.8. The van der Waals surface area contributed by atoms with Crippen LogP contribution < -0.4 is 5.32 Å². The SMILES string of the molecule is CC1CCC(C(F)F)CN1. The fourth-order valence-electron chi connectivity index (χ4n) is 1.24. The van der Waals surface area contributed by atoms with Crippen LogP contribution >= 0.6 is 0 Å². The number of piperidine rings is 1. The summed E-state index contributed by atoms with van der Waals surface area (Å²) in [6.07, 6.45) is -0.583. The summed E-state index contributed by atoms with van der Waals surface area (Å²) in [4.78, 5) is 0. The van der Waals surface area contributed by atoms with Crippen molar-refractivity contribution in [2.24, 2.45) is 5.92 Å². The Morgan fingerprint density at radius 2 is 2.10 bits per heavy atom. The fourth-order valence-corrected chi connectivity index (χ4v) is 1.24. The second-order valence-electron chi connectivity index (χ2n) is 2.98. The van der Waals surface area contributed by atoms with E-state index in [1.165, 1.54) is 0 Å². The van der Waals surface area contributed by atoms with Crippen molar-refractivity contribution in [1.82, 2.24) is 5.32 Å². The van der Waals surface area contributed by atoms with Gasteiger partial charge in [0.25, 0.3) is 0 Å². The molecule has 1 N–H and O–H groups in total. The van der Waals surface area contributed by atoms with Gasteiger partial charge >= 0.3 is 0 Å². The molecule has 1 aliphatic heterocycles. The van der Waals surface area contributed by atoms with Crippen molar-refractivity contribution in [1.29, 1.82) is 0 Å². The number of halogens is 2. The van der Waals surface area contributed by atoms with Gasteiger partial charge < -0.3 is 5.32 Å². The van der Waals surface area contributed by atoms with E-state index in [0.717, 1.165) is 6.42 Å². The first kappa shape index (κ1) is 7.92. The summed E-state index contributed by atoms with van der Waals surface area (Å²) in [5.74, 6) is -0.406. The number of nitrogens with one attached hydrogen (secondary N) is 1. The molecule has 60 valence electrons. The lowest BCUT2D eigenvalue weighted by atomic mass is 9.96. The van der Waals surface area contributed by atoms with Gasteiger partial charge in [-0.3, -0.25) is 0 Å². The highest BCUT2D eigenvalue weighted by molar-refractivity contribution is 4.75. The van der Waals surface area contributed by atoms with E-state index in [1.807, 2.05) is 6.92 Å². The Balaban J connectivity index is 2.26. The molecule has 1 saturated heterocycles. The normalized spacial score (nSPS) is 34.8. The maximum atomic E-state index is 12.0. The first-order valence-corrected chi connectivity index (χ1v) is 3.71. The van der Waals surface area contributed by atoms with Gasteiger partial charge in [0.1, 0.15) is 0 Å². The summed E-state index contributed by atoms with van der Waals surface area (Å²) in [6, 6.07) is 0.426. The third-order valence-corrected chi connectivity index (χ3v) is 2.06. The van der Waals surface area contributed by atoms with E-state index < -0.39 is 12.3 Å². The summed E-state index contributed by atoms with van der Waals surface area (Å²) >= 11 is 0. The van der Waals surface area contributed by atoms with E-state index in [4.69, 9.17) is 0 Å². The monoisotopic (exact) mass is 149 g/mol. The molecular formula is C7H13F2N. The minimum Gasteiger partial charge on any atom is -0.314 e. The van der Waals surface area contributed by atoms with E-state index in [2.05, 4.69) is 5.32 Å². The van der Waals surface area contributed by atoms with Crippen LogP contribution in [0, 0.1) is 5.92 Å². The molecule has 0 radical (unpaired) electrons. The molecule has 1 aliphatic rings. The van der Waals surface area contributed by atoms with Crippen molar-refractivity contribution < 1.29 is 8.78 Å². The van der Waals surface area contributed by atoms with Crippen molar-refractivity contribution in [3.8, 4) is 0 Å². The van der Waals surface area contributed by atoms with Crippen LogP contribution in [0.3, 0.4) is 0 Å². The molecule has 0 bridgehead atoms. The van der Waals surface area contributed by atoms with Crippen LogP contribution in [0.5, 0.6) is 0 Å². The molecule has 1 fully saturated rings. The second-order valence-corrected chi connectivity index (χ2v) is 2.98. The van der Waals surface area contributed by atoms with Crippen LogP contribution in [-0.2, 0) is 0 Å². The van der Waals surface area contributed by atoms with Crippen LogP contribution in [0.1, 0.15) is 19.8 Å². The Labute approximate surface area is 59.8 Å². The zero-order chi connectivity index (χ0) is 7.56. The van der Waals surface area contributed by atoms with Crippen molar-refractivity contribution in [2.45, 2.75) is 32.2 Å². The highest BCUT2D eigenvalue weighted by Crippen LogP contribution is 2.20. The average molecular weight is 149 g/mol. The van der Waals surface area contributed by atoms with Gasteiger partial charge in [0.05, 0.1) is 0 Å². The molecular weight excluding hydrogens is 136 g/mol. The Morgan fingerprint density at radius 1 is 1.40 bits per heavy atom. The van der Waals surface area contributed by atoms with Crippen LogP contribution in [0.15, 0.2) is 0 Å². The van der Waals surface area contributed by atoms with Gasteiger partial charge in [-0.25, -0.2) is 8.78 Å². The second kappa shape index (κ2) is 3.28. The number of hydrogen-bond donors (Lipinski definition) is 1. The van der Waals surface area contributed by atoms with Crippen molar-refractivity contribution in [2.75, 3.05) is 6.54 Å². The average Bonchev–Trinajstić information content (AvgIpc) is 1.88. The van der Waals surface area contributed by atoms with Gasteiger partial charge in [-0.15, -0.1) is 0 Å². The van der Waals surface area contributed by atoms with Crippen LogP contribution in [0.25, 0.3) is 0 Å². The summed E-state index contributed by atoms with van der Waals surface area (Å²) in [7, 11) is 0. The topological polar surface area (TPSA) is 12.0 Å². The Kier molecular flexibility index (Phi) is 2.60. The molecule has 2 atom stereocenters. The van der Waals surface area contributed by atoms with E-state index in [9.17, 15) is 8.78 Å². The van der Waals surface area contributed by atoms with E-state index in [1.54, 1.807) is 0 Å². The van der Waals surface area contributed by atoms with Crippen LogP contribution in [0.4, 0.5) is 8.78 Å². The van der Waals surface area contributed by atoms with Gasteiger partial charge in [-0.2, -0.15) is 0 Å². The Morgan fingerprint density at radius 3 is 2.50 bits per heavy atom. The van der Waals surface area contributed by atoms with Gasteiger partial charge in [0, 0.05) is 18.5 Å². The lowest BCUT2D eigenvalue weighted by Crippen LogP contribution is -2.39.